The van der Waals surface area contributed by atoms with Crippen LogP contribution in [0, 0.1) is 0 Å². The fourth-order valence-corrected chi connectivity index (χ4v) is 5.07. The summed E-state index contributed by atoms with van der Waals surface area (Å²) in [6.45, 7) is 0. The van der Waals surface area contributed by atoms with E-state index in [-0.39, 0.29) is 23.5 Å². The molecule has 0 bridgehead atoms. The Bertz CT molecular complexity index is 430. The molecule has 0 radical (unpaired) electrons. The Morgan fingerprint density at radius 2 is 1.39 bits per heavy atom. The van der Waals surface area contributed by atoms with Crippen LogP contribution in [0.2, 0.25) is 0 Å². The summed E-state index contributed by atoms with van der Waals surface area (Å²) in [5, 5.41) is 1.62. The molecule has 1 aromatic rings. The lowest BCUT2D eigenvalue weighted by atomic mass is 10.4. The second kappa shape index (κ2) is 4.68. The third kappa shape index (κ3) is 2.83. The maximum atomic E-state index is 12.6. The summed E-state index contributed by atoms with van der Waals surface area (Å²) in [4.78, 5) is -2.59. The molecule has 0 unspecified atom stereocenters. The van der Waals surface area contributed by atoms with E-state index < -0.39 is 26.7 Å². The SMILES string of the molecule is FC(F)(F)C1=C(C(F)(F)F)SC(c2cccs2)S1. The standard InChI is InChI=1S/C9H4F6S3/c10-8(11,12)5-6(9(13,14)15)18-7(17-5)4-2-1-3-16-4/h1-3,7H. The van der Waals surface area contributed by atoms with Crippen LogP contribution in [0.4, 0.5) is 26.3 Å². The van der Waals surface area contributed by atoms with Gasteiger partial charge in [-0.2, -0.15) is 26.3 Å². The smallest absolute Gasteiger partial charge is 0.166 e. The van der Waals surface area contributed by atoms with E-state index in [9.17, 15) is 26.3 Å². The molecular weight excluding hydrogens is 318 g/mol. The number of hydrogen-bond acceptors (Lipinski definition) is 3. The summed E-state index contributed by atoms with van der Waals surface area (Å²) in [6.07, 6.45) is -9.93. The Labute approximate surface area is 110 Å². The fraction of sp³-hybridized carbons (Fsp3) is 0.333. The third-order valence-electron chi connectivity index (χ3n) is 1.95. The van der Waals surface area contributed by atoms with Gasteiger partial charge in [0.1, 0.15) is 9.81 Å². The van der Waals surface area contributed by atoms with Crippen molar-refractivity contribution in [3.63, 3.8) is 0 Å². The van der Waals surface area contributed by atoms with Crippen molar-refractivity contribution >= 4 is 34.9 Å². The van der Waals surface area contributed by atoms with Crippen LogP contribution in [-0.4, -0.2) is 12.4 Å². The topological polar surface area (TPSA) is 0 Å². The molecule has 9 heteroatoms. The summed E-state index contributed by atoms with van der Waals surface area (Å²) >= 11 is 1.58. The molecule has 0 amide bonds. The summed E-state index contributed by atoms with van der Waals surface area (Å²) in [7, 11) is 0. The summed E-state index contributed by atoms with van der Waals surface area (Å²) in [6, 6.07) is 3.13. The molecule has 100 valence electrons. The highest BCUT2D eigenvalue weighted by atomic mass is 32.2. The average molecular weight is 322 g/mol. The molecular formula is C9H4F6S3. The van der Waals surface area contributed by atoms with Gasteiger partial charge in [-0.3, -0.25) is 0 Å². The Kier molecular flexibility index (Phi) is 3.67. The average Bonchev–Trinajstić information content (AvgIpc) is 2.84. The molecule has 2 heterocycles. The number of halogens is 6. The summed E-state index contributed by atoms with van der Waals surface area (Å²) < 4.78 is 74.5. The van der Waals surface area contributed by atoms with Gasteiger partial charge in [0.25, 0.3) is 0 Å². The molecule has 2 rings (SSSR count). The van der Waals surface area contributed by atoms with Crippen molar-refractivity contribution in [2.75, 3.05) is 0 Å². The van der Waals surface area contributed by atoms with Crippen LogP contribution in [0.25, 0.3) is 0 Å². The Morgan fingerprint density at radius 3 is 1.72 bits per heavy atom. The van der Waals surface area contributed by atoms with Gasteiger partial charge in [-0.1, -0.05) is 29.6 Å². The second-order valence-corrected chi connectivity index (χ2v) is 6.75. The van der Waals surface area contributed by atoms with Crippen molar-refractivity contribution < 1.29 is 26.3 Å². The first-order chi connectivity index (χ1) is 8.19. The van der Waals surface area contributed by atoms with Gasteiger partial charge in [0.2, 0.25) is 0 Å². The van der Waals surface area contributed by atoms with Crippen molar-refractivity contribution in [2.45, 2.75) is 16.9 Å². The summed E-state index contributed by atoms with van der Waals surface area (Å²) in [5.41, 5.74) is 0. The van der Waals surface area contributed by atoms with Crippen LogP contribution >= 0.6 is 34.9 Å². The van der Waals surface area contributed by atoms with E-state index in [0.717, 1.165) is 11.3 Å². The van der Waals surface area contributed by atoms with Crippen LogP contribution in [0.1, 0.15) is 9.46 Å². The zero-order valence-corrected chi connectivity index (χ0v) is 10.8. The minimum Gasteiger partial charge on any atom is -0.166 e. The van der Waals surface area contributed by atoms with Crippen LogP contribution in [0.5, 0.6) is 0 Å². The first kappa shape index (κ1) is 14.1. The van der Waals surface area contributed by atoms with Crippen LogP contribution < -0.4 is 0 Å². The van der Waals surface area contributed by atoms with Gasteiger partial charge < -0.3 is 0 Å². The molecule has 1 aliphatic rings. The normalized spacial score (nSPS) is 18.8. The van der Waals surface area contributed by atoms with Gasteiger partial charge in [-0.25, -0.2) is 0 Å². The predicted octanol–water partition coefficient (Wildman–Crippen LogP) is 5.56. The number of hydrogen-bond donors (Lipinski definition) is 0. The van der Waals surface area contributed by atoms with Crippen molar-refractivity contribution in [1.82, 2.24) is 0 Å². The van der Waals surface area contributed by atoms with Crippen LogP contribution in [-0.2, 0) is 0 Å². The molecule has 1 aromatic heterocycles. The molecule has 1 aliphatic heterocycles. The monoisotopic (exact) mass is 322 g/mol. The Balaban J connectivity index is 2.33. The lowest BCUT2D eigenvalue weighted by molar-refractivity contribution is -0.103. The first-order valence-corrected chi connectivity index (χ1v) is 7.09. The van der Waals surface area contributed by atoms with Gasteiger partial charge in [-0.05, 0) is 11.4 Å². The molecule has 0 saturated heterocycles. The maximum absolute atomic E-state index is 12.6. The molecule has 0 atom stereocenters. The first-order valence-electron chi connectivity index (χ1n) is 4.45. The van der Waals surface area contributed by atoms with E-state index in [2.05, 4.69) is 0 Å². The minimum atomic E-state index is -4.96. The van der Waals surface area contributed by atoms with Gasteiger partial charge in [0.15, 0.2) is 0 Å². The highest BCUT2D eigenvalue weighted by Gasteiger charge is 2.52. The third-order valence-corrected chi connectivity index (χ3v) is 6.17. The van der Waals surface area contributed by atoms with E-state index in [1.165, 1.54) is 6.07 Å². The van der Waals surface area contributed by atoms with Gasteiger partial charge in [-0.15, -0.1) is 11.3 Å². The van der Waals surface area contributed by atoms with Crippen molar-refractivity contribution in [2.24, 2.45) is 0 Å². The zero-order chi connectivity index (χ0) is 13.6. The largest absolute Gasteiger partial charge is 0.423 e. The Hall–Kier alpha value is -0.280. The van der Waals surface area contributed by atoms with E-state index in [0.29, 0.717) is 4.88 Å². The highest BCUT2D eigenvalue weighted by molar-refractivity contribution is 8.23. The quantitative estimate of drug-likeness (QED) is 0.621. The lowest BCUT2D eigenvalue weighted by Crippen LogP contribution is -2.16. The zero-order valence-electron chi connectivity index (χ0n) is 8.30. The van der Waals surface area contributed by atoms with E-state index in [1.54, 1.807) is 11.4 Å². The van der Waals surface area contributed by atoms with Crippen LogP contribution in [0.15, 0.2) is 27.3 Å². The highest BCUT2D eigenvalue weighted by Crippen LogP contribution is 2.63. The Morgan fingerprint density at radius 1 is 0.889 bits per heavy atom. The second-order valence-electron chi connectivity index (χ2n) is 3.24. The molecule has 0 N–H and O–H groups in total. The van der Waals surface area contributed by atoms with Crippen LogP contribution in [0.3, 0.4) is 0 Å². The molecule has 0 spiro atoms. The molecule has 0 saturated carbocycles. The maximum Gasteiger partial charge on any atom is 0.423 e. The van der Waals surface area contributed by atoms with Crippen molar-refractivity contribution in [3.05, 3.63) is 32.2 Å². The van der Waals surface area contributed by atoms with Gasteiger partial charge in [0, 0.05) is 4.88 Å². The number of thioether (sulfide) groups is 2. The molecule has 0 nitrogen and oxygen atoms in total. The van der Waals surface area contributed by atoms with Crippen molar-refractivity contribution in [1.29, 1.82) is 0 Å². The minimum absolute atomic E-state index is 0.218. The van der Waals surface area contributed by atoms with E-state index >= 15 is 0 Å². The molecule has 0 aromatic carbocycles. The number of thiophene rings is 1. The summed E-state index contributed by atoms with van der Waals surface area (Å²) in [5.74, 6) is 0. The van der Waals surface area contributed by atoms with Gasteiger partial charge in [0.05, 0.1) is 4.58 Å². The molecule has 0 aliphatic carbocycles. The lowest BCUT2D eigenvalue weighted by Gasteiger charge is -2.11. The van der Waals surface area contributed by atoms with Gasteiger partial charge >= 0.3 is 12.4 Å². The number of rotatable bonds is 1. The molecule has 0 fully saturated rings. The van der Waals surface area contributed by atoms with Crippen molar-refractivity contribution in [3.8, 4) is 0 Å². The fourth-order valence-electron chi connectivity index (χ4n) is 1.28. The van der Waals surface area contributed by atoms with E-state index in [4.69, 9.17) is 0 Å². The number of allylic oxidation sites excluding steroid dienone is 2. The predicted molar refractivity (Wildman–Crippen MR) is 61.4 cm³/mol. The van der Waals surface area contributed by atoms with E-state index in [1.807, 2.05) is 0 Å². The number of alkyl halides is 6. The molecule has 18 heavy (non-hydrogen) atoms.